The quantitative estimate of drug-likeness (QED) is 0.159. The zero-order valence-electron chi connectivity index (χ0n) is 44.7. The van der Waals surface area contributed by atoms with Crippen LogP contribution >= 0.6 is 0 Å². The predicted octanol–water partition coefficient (Wildman–Crippen LogP) is 16.7. The van der Waals surface area contributed by atoms with Crippen LogP contribution in [0, 0.1) is 6.92 Å². The number of benzene rings is 8. The molecule has 3 nitrogen and oxygen atoms in total. The molecule has 1 fully saturated rings. The lowest BCUT2D eigenvalue weighted by atomic mass is 9.33. The Morgan fingerprint density at radius 3 is 1.61 bits per heavy atom. The summed E-state index contributed by atoms with van der Waals surface area (Å²) < 4.78 is 0. The molecule has 12 rings (SSSR count). The summed E-state index contributed by atoms with van der Waals surface area (Å²) in [7, 11) is 0. The molecule has 8 aromatic carbocycles. The standard InChI is InChI=1S/C68H70BN3/c1-44-38-61-63-62(39-44)71(57-34-27-49(65(5,6)7)41-53(57)46-22-17-14-18-23-46)59-40-47(45-20-15-13-16-21-45)24-32-55(59)69(63)56-33-31-52(43-60(56)70(61)51-29-25-48(26-30-51)64(2,3)4)72-58-35-28-50(66(8,9)10)42-54(58)67(11)36-19-37-68(67,72)12/h13-18,20-35,38-43H,19,36-37H2,1-12H3. The van der Waals surface area contributed by atoms with E-state index in [4.69, 9.17) is 0 Å². The minimum absolute atomic E-state index is 0.0117. The Kier molecular flexibility index (Phi) is 10.4. The highest BCUT2D eigenvalue weighted by molar-refractivity contribution is 7.00. The Balaban J connectivity index is 1.14. The van der Waals surface area contributed by atoms with E-state index in [0.717, 1.165) is 6.42 Å². The SMILES string of the molecule is Cc1cc2c3c(c1)N(c1ccc(C(C)(C)C)cc1-c1ccccc1)c1cc(-c4ccccc4)ccc1B3c1ccc(N3c4ccc(C(C)(C)C)cc4C4(C)CCCC34C)cc1N2c1ccc(C(C)(C)C)cc1. The van der Waals surface area contributed by atoms with E-state index >= 15 is 0 Å². The molecule has 360 valence electrons. The van der Waals surface area contributed by atoms with Crippen molar-refractivity contribution < 1.29 is 0 Å². The van der Waals surface area contributed by atoms with Gasteiger partial charge in [-0.3, -0.25) is 0 Å². The summed E-state index contributed by atoms with van der Waals surface area (Å²) in [6.07, 6.45) is 3.57. The third kappa shape index (κ3) is 7.06. The topological polar surface area (TPSA) is 9.72 Å². The number of anilines is 8. The van der Waals surface area contributed by atoms with Crippen molar-refractivity contribution in [1.29, 1.82) is 0 Å². The van der Waals surface area contributed by atoms with Gasteiger partial charge in [0.25, 0.3) is 6.71 Å². The van der Waals surface area contributed by atoms with Crippen molar-refractivity contribution in [2.75, 3.05) is 14.7 Å². The number of hydrogen-bond acceptors (Lipinski definition) is 3. The second-order valence-electron chi connectivity index (χ2n) is 25.1. The maximum Gasteiger partial charge on any atom is 0.252 e. The van der Waals surface area contributed by atoms with E-state index in [1.165, 1.54) is 125 Å². The van der Waals surface area contributed by atoms with Gasteiger partial charge in [0.05, 0.1) is 11.2 Å². The van der Waals surface area contributed by atoms with Gasteiger partial charge in [-0.05, 0) is 164 Å². The molecule has 0 amide bonds. The molecule has 2 atom stereocenters. The van der Waals surface area contributed by atoms with Crippen molar-refractivity contribution >= 4 is 68.6 Å². The lowest BCUT2D eigenvalue weighted by molar-refractivity contribution is 0.330. The van der Waals surface area contributed by atoms with Crippen LogP contribution < -0.4 is 31.1 Å². The van der Waals surface area contributed by atoms with Crippen LogP contribution in [-0.4, -0.2) is 12.3 Å². The number of rotatable bonds is 5. The fourth-order valence-corrected chi connectivity index (χ4v) is 13.2. The van der Waals surface area contributed by atoms with Gasteiger partial charge in [0, 0.05) is 50.8 Å². The highest BCUT2D eigenvalue weighted by atomic mass is 15.3. The van der Waals surface area contributed by atoms with Gasteiger partial charge in [0.1, 0.15) is 0 Å². The van der Waals surface area contributed by atoms with Crippen LogP contribution in [0.5, 0.6) is 0 Å². The summed E-state index contributed by atoms with van der Waals surface area (Å²) in [6.45, 7) is 28.4. The lowest BCUT2D eigenvalue weighted by Gasteiger charge is -2.46. The van der Waals surface area contributed by atoms with Crippen LogP contribution in [0.3, 0.4) is 0 Å². The molecular formula is C68H70BN3. The molecule has 4 heteroatoms. The van der Waals surface area contributed by atoms with Gasteiger partial charge in [0.15, 0.2) is 0 Å². The average Bonchev–Trinajstić information content (AvgIpc) is 3.76. The summed E-state index contributed by atoms with van der Waals surface area (Å²) in [5.41, 5.74) is 25.7. The van der Waals surface area contributed by atoms with E-state index in [1.54, 1.807) is 0 Å². The second-order valence-corrected chi connectivity index (χ2v) is 25.1. The Morgan fingerprint density at radius 1 is 0.431 bits per heavy atom. The van der Waals surface area contributed by atoms with Gasteiger partial charge in [-0.25, -0.2) is 0 Å². The highest BCUT2D eigenvalue weighted by Crippen LogP contribution is 2.63. The van der Waals surface area contributed by atoms with Crippen molar-refractivity contribution in [3.8, 4) is 22.3 Å². The number of hydrogen-bond donors (Lipinski definition) is 0. The summed E-state index contributed by atoms with van der Waals surface area (Å²) >= 11 is 0. The van der Waals surface area contributed by atoms with E-state index in [0.29, 0.717) is 0 Å². The van der Waals surface area contributed by atoms with Gasteiger partial charge in [-0.1, -0.05) is 185 Å². The lowest BCUT2D eigenvalue weighted by Crippen LogP contribution is -2.61. The normalized spacial score (nSPS) is 18.9. The van der Waals surface area contributed by atoms with E-state index < -0.39 is 0 Å². The maximum atomic E-state index is 2.76. The number of aryl methyl sites for hydroxylation is 1. The van der Waals surface area contributed by atoms with Gasteiger partial charge >= 0.3 is 0 Å². The van der Waals surface area contributed by atoms with Crippen molar-refractivity contribution in [2.24, 2.45) is 0 Å². The molecule has 3 heterocycles. The first-order valence-corrected chi connectivity index (χ1v) is 26.6. The Labute approximate surface area is 430 Å². The molecule has 0 aromatic heterocycles. The molecule has 0 bridgehead atoms. The number of fused-ring (bicyclic) bond motifs is 7. The molecule has 0 N–H and O–H groups in total. The first-order valence-electron chi connectivity index (χ1n) is 26.6. The van der Waals surface area contributed by atoms with Crippen molar-refractivity contribution in [3.05, 3.63) is 198 Å². The van der Waals surface area contributed by atoms with Gasteiger partial charge < -0.3 is 14.7 Å². The van der Waals surface area contributed by atoms with Crippen LogP contribution in [0.4, 0.5) is 45.5 Å². The zero-order chi connectivity index (χ0) is 50.3. The third-order valence-electron chi connectivity index (χ3n) is 17.5. The summed E-state index contributed by atoms with van der Waals surface area (Å²) in [4.78, 5) is 7.99. The zero-order valence-corrected chi connectivity index (χ0v) is 44.7. The molecule has 3 aliphatic heterocycles. The van der Waals surface area contributed by atoms with E-state index in [9.17, 15) is 0 Å². The van der Waals surface area contributed by atoms with E-state index in [2.05, 4.69) is 268 Å². The largest absolute Gasteiger partial charge is 0.334 e. The monoisotopic (exact) mass is 940 g/mol. The van der Waals surface area contributed by atoms with E-state index in [1.807, 2.05) is 0 Å². The van der Waals surface area contributed by atoms with Crippen LogP contribution in [-0.2, 0) is 21.7 Å². The highest BCUT2D eigenvalue weighted by Gasteiger charge is 2.60. The minimum Gasteiger partial charge on any atom is -0.334 e. The van der Waals surface area contributed by atoms with Gasteiger partial charge in [-0.15, -0.1) is 0 Å². The fraction of sp³-hybridized carbons (Fsp3) is 0.294. The molecule has 2 unspecified atom stereocenters. The summed E-state index contributed by atoms with van der Waals surface area (Å²) in [5.74, 6) is 0. The van der Waals surface area contributed by atoms with Crippen LogP contribution in [0.1, 0.15) is 123 Å². The molecular weight excluding hydrogens is 870 g/mol. The Morgan fingerprint density at radius 2 is 0.972 bits per heavy atom. The molecule has 72 heavy (non-hydrogen) atoms. The van der Waals surface area contributed by atoms with Crippen LogP contribution in [0.25, 0.3) is 22.3 Å². The molecule has 0 spiro atoms. The third-order valence-corrected chi connectivity index (χ3v) is 17.5. The predicted molar refractivity (Wildman–Crippen MR) is 310 cm³/mol. The smallest absolute Gasteiger partial charge is 0.252 e. The second kappa shape index (κ2) is 16.1. The molecule has 0 saturated heterocycles. The first-order chi connectivity index (χ1) is 34.2. The molecule has 0 radical (unpaired) electrons. The van der Waals surface area contributed by atoms with Crippen molar-refractivity contribution in [2.45, 2.75) is 130 Å². The Hall–Kier alpha value is -6.78. The fourth-order valence-electron chi connectivity index (χ4n) is 13.2. The summed E-state index contributed by atoms with van der Waals surface area (Å²) in [6, 6.07) is 65.8. The van der Waals surface area contributed by atoms with E-state index in [-0.39, 0.29) is 33.9 Å². The van der Waals surface area contributed by atoms with Gasteiger partial charge in [0.2, 0.25) is 0 Å². The first kappa shape index (κ1) is 46.3. The Bertz CT molecular complexity index is 3440. The van der Waals surface area contributed by atoms with Crippen LogP contribution in [0.15, 0.2) is 170 Å². The summed E-state index contributed by atoms with van der Waals surface area (Å²) in [5, 5.41) is 0. The van der Waals surface area contributed by atoms with Crippen LogP contribution in [0.2, 0.25) is 0 Å². The maximum absolute atomic E-state index is 2.76. The average molecular weight is 940 g/mol. The van der Waals surface area contributed by atoms with Gasteiger partial charge in [-0.2, -0.15) is 0 Å². The molecule has 1 saturated carbocycles. The molecule has 1 aliphatic carbocycles. The number of nitrogens with zero attached hydrogens (tertiary/aromatic N) is 3. The van der Waals surface area contributed by atoms with Crippen molar-refractivity contribution in [3.63, 3.8) is 0 Å². The minimum atomic E-state index is -0.0691. The van der Waals surface area contributed by atoms with Crippen molar-refractivity contribution in [1.82, 2.24) is 0 Å². The molecule has 4 aliphatic rings. The molecule has 8 aromatic rings.